The van der Waals surface area contributed by atoms with Gasteiger partial charge in [0.2, 0.25) is 0 Å². The Kier molecular flexibility index (Phi) is 4.28. The van der Waals surface area contributed by atoms with Gasteiger partial charge in [0.1, 0.15) is 5.54 Å². The molecular formula is C18H25N3. The van der Waals surface area contributed by atoms with E-state index in [9.17, 15) is 5.26 Å². The van der Waals surface area contributed by atoms with E-state index in [1.807, 2.05) is 18.2 Å². The summed E-state index contributed by atoms with van der Waals surface area (Å²) in [5.41, 5.74) is 0.517. The lowest BCUT2D eigenvalue weighted by molar-refractivity contribution is 0.196. The fraction of sp³-hybridized carbons (Fsp3) is 0.611. The number of hydrogen-bond acceptors (Lipinski definition) is 3. The lowest BCUT2D eigenvalue weighted by Gasteiger charge is -2.34. The van der Waals surface area contributed by atoms with Crippen LogP contribution >= 0.6 is 0 Å². The van der Waals surface area contributed by atoms with E-state index in [-0.39, 0.29) is 0 Å². The predicted octanol–water partition coefficient (Wildman–Crippen LogP) is 2.89. The SMILES string of the molecule is CCNC(C#N)(CN(CC1CC1)C1CC1)c1ccccc1. The summed E-state index contributed by atoms with van der Waals surface area (Å²) in [7, 11) is 0. The number of rotatable bonds is 8. The molecule has 2 fully saturated rings. The zero-order valence-electron chi connectivity index (χ0n) is 12.9. The first-order valence-corrected chi connectivity index (χ1v) is 8.23. The van der Waals surface area contributed by atoms with Crippen LogP contribution in [0.25, 0.3) is 0 Å². The molecule has 112 valence electrons. The van der Waals surface area contributed by atoms with Gasteiger partial charge < -0.3 is 0 Å². The summed E-state index contributed by atoms with van der Waals surface area (Å²) in [6.07, 6.45) is 5.34. The zero-order valence-corrected chi connectivity index (χ0v) is 12.9. The van der Waals surface area contributed by atoms with Gasteiger partial charge in [-0.2, -0.15) is 5.26 Å². The molecule has 1 atom stereocenters. The van der Waals surface area contributed by atoms with Crippen LogP contribution in [-0.2, 0) is 5.54 Å². The first kappa shape index (κ1) is 14.6. The van der Waals surface area contributed by atoms with Crippen molar-refractivity contribution in [3.8, 4) is 6.07 Å². The Morgan fingerprint density at radius 1 is 1.24 bits per heavy atom. The molecular weight excluding hydrogens is 258 g/mol. The molecule has 3 rings (SSSR count). The Hall–Kier alpha value is -1.37. The topological polar surface area (TPSA) is 39.1 Å². The third kappa shape index (κ3) is 3.45. The molecule has 0 radical (unpaired) electrons. The maximum Gasteiger partial charge on any atom is 0.145 e. The van der Waals surface area contributed by atoms with Crippen LogP contribution in [0.15, 0.2) is 30.3 Å². The van der Waals surface area contributed by atoms with Gasteiger partial charge in [-0.1, -0.05) is 37.3 Å². The molecule has 1 unspecified atom stereocenters. The van der Waals surface area contributed by atoms with E-state index in [1.165, 1.54) is 32.2 Å². The molecule has 0 aromatic heterocycles. The molecule has 21 heavy (non-hydrogen) atoms. The molecule has 1 aromatic rings. The van der Waals surface area contributed by atoms with Crippen LogP contribution < -0.4 is 5.32 Å². The van der Waals surface area contributed by atoms with Gasteiger partial charge in [0, 0.05) is 19.1 Å². The second-order valence-corrected chi connectivity index (χ2v) is 6.52. The normalized spacial score (nSPS) is 21.0. The third-order valence-corrected chi connectivity index (χ3v) is 4.63. The molecule has 0 saturated heterocycles. The molecule has 3 nitrogen and oxygen atoms in total. The molecule has 2 aliphatic rings. The van der Waals surface area contributed by atoms with Crippen molar-refractivity contribution < 1.29 is 0 Å². The second-order valence-electron chi connectivity index (χ2n) is 6.52. The molecule has 0 aliphatic heterocycles. The van der Waals surface area contributed by atoms with Crippen LogP contribution in [0.1, 0.15) is 38.2 Å². The molecule has 0 spiro atoms. The first-order valence-electron chi connectivity index (χ1n) is 8.23. The summed E-state index contributed by atoms with van der Waals surface area (Å²) >= 11 is 0. The Morgan fingerprint density at radius 3 is 2.48 bits per heavy atom. The second kappa shape index (κ2) is 6.17. The summed E-state index contributed by atoms with van der Waals surface area (Å²) in [5.74, 6) is 0.874. The van der Waals surface area contributed by atoms with Crippen molar-refractivity contribution in [2.45, 2.75) is 44.2 Å². The van der Waals surface area contributed by atoms with Crippen LogP contribution in [0.3, 0.4) is 0 Å². The van der Waals surface area contributed by atoms with E-state index in [0.29, 0.717) is 6.04 Å². The smallest absolute Gasteiger partial charge is 0.145 e. The van der Waals surface area contributed by atoms with Crippen molar-refractivity contribution in [3.63, 3.8) is 0 Å². The maximum atomic E-state index is 9.92. The van der Waals surface area contributed by atoms with Gasteiger partial charge in [-0.05, 0) is 43.7 Å². The van der Waals surface area contributed by atoms with Crippen molar-refractivity contribution in [2.75, 3.05) is 19.6 Å². The van der Waals surface area contributed by atoms with Crippen LogP contribution in [0.4, 0.5) is 0 Å². The van der Waals surface area contributed by atoms with Crippen molar-refractivity contribution in [3.05, 3.63) is 35.9 Å². The summed E-state index contributed by atoms with van der Waals surface area (Å²) in [6, 6.07) is 13.5. The molecule has 1 aromatic carbocycles. The van der Waals surface area contributed by atoms with E-state index in [2.05, 4.69) is 35.3 Å². The Labute approximate surface area is 128 Å². The van der Waals surface area contributed by atoms with Crippen LogP contribution in [-0.4, -0.2) is 30.6 Å². The lowest BCUT2D eigenvalue weighted by Crippen LogP contribution is -2.51. The van der Waals surface area contributed by atoms with Crippen molar-refractivity contribution in [2.24, 2.45) is 5.92 Å². The summed E-state index contributed by atoms with van der Waals surface area (Å²) in [5, 5.41) is 13.4. The molecule has 2 aliphatic carbocycles. The minimum atomic E-state index is -0.576. The highest BCUT2D eigenvalue weighted by atomic mass is 15.2. The molecule has 1 N–H and O–H groups in total. The minimum absolute atomic E-state index is 0.576. The fourth-order valence-electron chi connectivity index (χ4n) is 3.13. The van der Waals surface area contributed by atoms with Crippen LogP contribution in [0.2, 0.25) is 0 Å². The lowest BCUT2D eigenvalue weighted by atomic mass is 9.90. The number of benzene rings is 1. The van der Waals surface area contributed by atoms with E-state index >= 15 is 0 Å². The highest BCUT2D eigenvalue weighted by Gasteiger charge is 2.40. The van der Waals surface area contributed by atoms with Crippen LogP contribution in [0.5, 0.6) is 0 Å². The average Bonchev–Trinajstić information content (AvgIpc) is 3.39. The minimum Gasteiger partial charge on any atom is -0.297 e. The predicted molar refractivity (Wildman–Crippen MR) is 84.7 cm³/mol. The average molecular weight is 283 g/mol. The molecule has 2 saturated carbocycles. The molecule has 0 amide bonds. The van der Waals surface area contributed by atoms with Gasteiger partial charge in [-0.25, -0.2) is 0 Å². The number of nitrogens with one attached hydrogen (secondary N) is 1. The van der Waals surface area contributed by atoms with Crippen molar-refractivity contribution in [1.82, 2.24) is 10.2 Å². The monoisotopic (exact) mass is 283 g/mol. The standard InChI is InChI=1S/C18H25N3/c1-2-20-18(13-19,16-6-4-3-5-7-16)14-21(17-10-11-17)12-15-8-9-15/h3-7,15,17,20H,2,8-12,14H2,1H3. The Bertz CT molecular complexity index is 499. The Balaban J connectivity index is 1.82. The van der Waals surface area contributed by atoms with E-state index < -0.39 is 5.54 Å². The fourth-order valence-corrected chi connectivity index (χ4v) is 3.13. The van der Waals surface area contributed by atoms with Crippen molar-refractivity contribution in [1.29, 1.82) is 5.26 Å². The number of hydrogen-bond donors (Lipinski definition) is 1. The zero-order chi connectivity index (χ0) is 14.7. The summed E-state index contributed by atoms with van der Waals surface area (Å²) < 4.78 is 0. The largest absolute Gasteiger partial charge is 0.297 e. The van der Waals surface area contributed by atoms with E-state index in [1.54, 1.807) is 0 Å². The molecule has 0 heterocycles. The Morgan fingerprint density at radius 2 is 1.95 bits per heavy atom. The van der Waals surface area contributed by atoms with Gasteiger partial charge in [0.25, 0.3) is 0 Å². The number of nitriles is 1. The quantitative estimate of drug-likeness (QED) is 0.797. The van der Waals surface area contributed by atoms with Crippen LogP contribution in [0, 0.1) is 17.2 Å². The number of nitrogens with zero attached hydrogens (tertiary/aromatic N) is 2. The molecule has 0 bridgehead atoms. The summed E-state index contributed by atoms with van der Waals surface area (Å²) in [6.45, 7) is 4.87. The number of likely N-dealkylation sites (N-methyl/N-ethyl adjacent to an activating group) is 1. The first-order chi connectivity index (χ1) is 10.3. The molecule has 3 heteroatoms. The van der Waals surface area contributed by atoms with Crippen molar-refractivity contribution >= 4 is 0 Å². The van der Waals surface area contributed by atoms with Gasteiger partial charge in [-0.15, -0.1) is 0 Å². The van der Waals surface area contributed by atoms with Gasteiger partial charge in [0.05, 0.1) is 6.07 Å². The van der Waals surface area contributed by atoms with E-state index in [0.717, 1.165) is 24.6 Å². The van der Waals surface area contributed by atoms with Gasteiger partial charge in [-0.3, -0.25) is 10.2 Å². The maximum absolute atomic E-state index is 9.92. The highest BCUT2D eigenvalue weighted by Crippen LogP contribution is 2.36. The highest BCUT2D eigenvalue weighted by molar-refractivity contribution is 5.32. The van der Waals surface area contributed by atoms with Gasteiger partial charge >= 0.3 is 0 Å². The summed E-state index contributed by atoms with van der Waals surface area (Å²) in [4.78, 5) is 2.57. The van der Waals surface area contributed by atoms with Gasteiger partial charge in [0.15, 0.2) is 0 Å². The van der Waals surface area contributed by atoms with E-state index in [4.69, 9.17) is 0 Å². The third-order valence-electron chi connectivity index (χ3n) is 4.63.